The zero-order chi connectivity index (χ0) is 24.5. The number of aromatic nitrogens is 2. The highest BCUT2D eigenvalue weighted by Gasteiger charge is 2.14. The van der Waals surface area contributed by atoms with Gasteiger partial charge >= 0.3 is 0 Å². The Kier molecular flexibility index (Phi) is 8.90. The molecule has 1 N–H and O–H groups in total. The molecule has 0 atom stereocenters. The Morgan fingerprint density at radius 2 is 1.88 bits per heavy atom. The van der Waals surface area contributed by atoms with Gasteiger partial charge in [-0.3, -0.25) is 10.1 Å². The van der Waals surface area contributed by atoms with E-state index < -0.39 is 5.91 Å². The summed E-state index contributed by atoms with van der Waals surface area (Å²) in [5.74, 6) is 1.31. The predicted octanol–water partition coefficient (Wildman–Crippen LogP) is 4.89. The first-order valence-electron chi connectivity index (χ1n) is 10.3. The topological polar surface area (TPSA) is 106 Å². The van der Waals surface area contributed by atoms with Crippen molar-refractivity contribution in [3.63, 3.8) is 0 Å². The van der Waals surface area contributed by atoms with E-state index in [0.29, 0.717) is 35.4 Å². The quantitative estimate of drug-likeness (QED) is 0.139. The Balaban J connectivity index is 1.64. The maximum atomic E-state index is 12.5. The lowest BCUT2D eigenvalue weighted by Gasteiger charge is -2.14. The number of benzene rings is 2. The van der Waals surface area contributed by atoms with Crippen LogP contribution in [0.3, 0.4) is 0 Å². The number of hydrogen-bond acceptors (Lipinski definition) is 9. The van der Waals surface area contributed by atoms with Crippen LogP contribution in [0.2, 0.25) is 0 Å². The Labute approximate surface area is 206 Å². The van der Waals surface area contributed by atoms with Crippen molar-refractivity contribution in [3.8, 4) is 23.3 Å². The number of para-hydroxylation sites is 1. The van der Waals surface area contributed by atoms with Gasteiger partial charge in [0.05, 0.1) is 7.11 Å². The third-order valence-electron chi connectivity index (χ3n) is 4.66. The average molecular weight is 497 g/mol. The van der Waals surface area contributed by atoms with E-state index in [1.165, 1.54) is 36.3 Å². The van der Waals surface area contributed by atoms with Crippen LogP contribution >= 0.6 is 23.1 Å². The molecule has 1 aromatic heterocycles. The van der Waals surface area contributed by atoms with E-state index in [2.05, 4.69) is 15.5 Å². The molecule has 0 aliphatic rings. The van der Waals surface area contributed by atoms with E-state index in [1.807, 2.05) is 44.4 Å². The lowest BCUT2D eigenvalue weighted by atomic mass is 10.1. The zero-order valence-electron chi connectivity index (χ0n) is 19.2. The fourth-order valence-corrected chi connectivity index (χ4v) is 4.20. The van der Waals surface area contributed by atoms with Gasteiger partial charge < -0.3 is 14.2 Å². The predicted molar refractivity (Wildman–Crippen MR) is 134 cm³/mol. The zero-order valence-corrected chi connectivity index (χ0v) is 20.9. The van der Waals surface area contributed by atoms with Crippen LogP contribution in [0.1, 0.15) is 16.7 Å². The van der Waals surface area contributed by atoms with E-state index in [-0.39, 0.29) is 5.57 Å². The van der Waals surface area contributed by atoms with E-state index in [0.717, 1.165) is 21.2 Å². The molecule has 0 aliphatic carbocycles. The van der Waals surface area contributed by atoms with Crippen molar-refractivity contribution in [1.29, 1.82) is 5.26 Å². The third-order valence-corrected chi connectivity index (χ3v) is 6.48. The summed E-state index contributed by atoms with van der Waals surface area (Å²) in [5.41, 5.74) is 2.69. The summed E-state index contributed by atoms with van der Waals surface area (Å²) in [4.78, 5) is 12.5. The molecule has 8 nitrogen and oxygen atoms in total. The number of thioether (sulfide) groups is 1. The molecule has 0 saturated carbocycles. The highest BCUT2D eigenvalue weighted by atomic mass is 32.2. The summed E-state index contributed by atoms with van der Waals surface area (Å²) in [5, 5.41) is 20.2. The molecule has 1 amide bonds. The number of nitrogens with one attached hydrogen (secondary N) is 1. The van der Waals surface area contributed by atoms with Gasteiger partial charge in [0.15, 0.2) is 15.8 Å². The summed E-state index contributed by atoms with van der Waals surface area (Å²) in [6.45, 7) is 4.71. The Morgan fingerprint density at radius 1 is 1.15 bits per heavy atom. The molecule has 0 unspecified atom stereocenters. The van der Waals surface area contributed by atoms with E-state index in [9.17, 15) is 10.1 Å². The summed E-state index contributed by atoms with van der Waals surface area (Å²) >= 11 is 2.66. The van der Waals surface area contributed by atoms with E-state index >= 15 is 0 Å². The minimum absolute atomic E-state index is 0.0707. The van der Waals surface area contributed by atoms with Crippen molar-refractivity contribution in [2.75, 3.05) is 31.9 Å². The van der Waals surface area contributed by atoms with Crippen LogP contribution in [0.25, 0.3) is 6.08 Å². The molecule has 34 heavy (non-hydrogen) atoms. The van der Waals surface area contributed by atoms with Crippen molar-refractivity contribution in [2.24, 2.45) is 0 Å². The third kappa shape index (κ3) is 6.50. The highest BCUT2D eigenvalue weighted by Crippen LogP contribution is 2.29. The maximum Gasteiger partial charge on any atom is 0.268 e. The highest BCUT2D eigenvalue weighted by molar-refractivity contribution is 8.00. The van der Waals surface area contributed by atoms with E-state index in [1.54, 1.807) is 18.2 Å². The molecule has 3 aromatic rings. The van der Waals surface area contributed by atoms with Gasteiger partial charge in [0, 0.05) is 0 Å². The molecule has 0 fully saturated rings. The van der Waals surface area contributed by atoms with Crippen LogP contribution < -0.4 is 19.5 Å². The summed E-state index contributed by atoms with van der Waals surface area (Å²) in [6.07, 6.45) is 3.34. The Bertz CT molecular complexity index is 1210. The minimum Gasteiger partial charge on any atom is -0.493 e. The number of hydrogen-bond donors (Lipinski definition) is 1. The second kappa shape index (κ2) is 12.1. The van der Waals surface area contributed by atoms with Gasteiger partial charge in [0.1, 0.15) is 30.6 Å². The molecule has 2 aromatic carbocycles. The van der Waals surface area contributed by atoms with Crippen LogP contribution in [0.15, 0.2) is 46.3 Å². The summed E-state index contributed by atoms with van der Waals surface area (Å²) < 4.78 is 17.8. The lowest BCUT2D eigenvalue weighted by molar-refractivity contribution is -0.112. The SMILES string of the molecule is COc1cc(/C=C(/C#N)C(=O)Nc2nnc(SC)s2)ccc1OCCOc1c(C)cccc1C. The van der Waals surface area contributed by atoms with Gasteiger partial charge in [-0.2, -0.15) is 5.26 Å². The standard InChI is InChI=1S/C24H24N4O4S2/c1-15-6-5-7-16(2)21(15)32-11-10-31-19-9-8-17(13-20(19)30-3)12-18(14-25)22(29)26-23-27-28-24(33-4)34-23/h5-9,12-13H,10-11H2,1-4H3,(H,26,27,29)/b18-12-. The molecular formula is C24H24N4O4S2. The number of amides is 1. The molecule has 10 heteroatoms. The Hall–Kier alpha value is -3.55. The molecule has 1 heterocycles. The monoisotopic (exact) mass is 496 g/mol. The molecule has 0 aliphatic heterocycles. The van der Waals surface area contributed by atoms with Gasteiger partial charge in [-0.1, -0.05) is 47.4 Å². The number of nitrogens with zero attached hydrogens (tertiary/aromatic N) is 3. The first-order chi connectivity index (χ1) is 16.4. The first-order valence-corrected chi connectivity index (χ1v) is 12.3. The molecule has 0 saturated heterocycles. The Morgan fingerprint density at radius 3 is 2.53 bits per heavy atom. The molecule has 0 bridgehead atoms. The van der Waals surface area contributed by atoms with Crippen LogP contribution in [-0.4, -0.2) is 42.7 Å². The number of carbonyl (C=O) groups is 1. The van der Waals surface area contributed by atoms with Gasteiger partial charge in [0.25, 0.3) is 5.91 Å². The molecule has 3 rings (SSSR count). The van der Waals surface area contributed by atoms with Crippen molar-refractivity contribution in [1.82, 2.24) is 10.2 Å². The average Bonchev–Trinajstić information content (AvgIpc) is 3.29. The number of aryl methyl sites for hydroxylation is 2. The number of carbonyl (C=O) groups excluding carboxylic acids is 1. The van der Waals surface area contributed by atoms with Crippen LogP contribution in [0.5, 0.6) is 17.2 Å². The van der Waals surface area contributed by atoms with Crippen LogP contribution in [0, 0.1) is 25.2 Å². The van der Waals surface area contributed by atoms with Gasteiger partial charge in [0.2, 0.25) is 5.13 Å². The van der Waals surface area contributed by atoms with Crippen LogP contribution in [0.4, 0.5) is 5.13 Å². The molecule has 0 spiro atoms. The van der Waals surface area contributed by atoms with Crippen molar-refractivity contribution >= 4 is 40.2 Å². The maximum absolute atomic E-state index is 12.5. The molecular weight excluding hydrogens is 472 g/mol. The molecule has 0 radical (unpaired) electrons. The lowest BCUT2D eigenvalue weighted by Crippen LogP contribution is -2.13. The van der Waals surface area contributed by atoms with Crippen LogP contribution in [-0.2, 0) is 4.79 Å². The largest absolute Gasteiger partial charge is 0.493 e. The molecule has 176 valence electrons. The van der Waals surface area contributed by atoms with Crippen molar-refractivity contribution in [3.05, 3.63) is 58.7 Å². The number of nitriles is 1. The number of ether oxygens (including phenoxy) is 3. The minimum atomic E-state index is -0.561. The number of methoxy groups -OCH3 is 1. The van der Waals surface area contributed by atoms with Gasteiger partial charge in [-0.05, 0) is 55.0 Å². The second-order valence-electron chi connectivity index (χ2n) is 7.03. The number of anilines is 1. The first kappa shape index (κ1) is 25.1. The van der Waals surface area contributed by atoms with Crippen molar-refractivity contribution < 1.29 is 19.0 Å². The fraction of sp³-hybridized carbons (Fsp3) is 0.250. The van der Waals surface area contributed by atoms with E-state index in [4.69, 9.17) is 14.2 Å². The summed E-state index contributed by atoms with van der Waals surface area (Å²) in [7, 11) is 1.53. The van der Waals surface area contributed by atoms with Crippen molar-refractivity contribution in [2.45, 2.75) is 18.2 Å². The number of rotatable bonds is 10. The second-order valence-corrected chi connectivity index (χ2v) is 9.06. The summed E-state index contributed by atoms with van der Waals surface area (Å²) in [6, 6.07) is 13.1. The van der Waals surface area contributed by atoms with Gasteiger partial charge in [-0.15, -0.1) is 10.2 Å². The smallest absolute Gasteiger partial charge is 0.268 e. The fourth-order valence-electron chi connectivity index (χ4n) is 3.04. The van der Waals surface area contributed by atoms with Gasteiger partial charge in [-0.25, -0.2) is 0 Å². The normalized spacial score (nSPS) is 11.0.